The smallest absolute Gasteiger partial charge is 0.236 e. The molecule has 0 aliphatic rings. The molecule has 1 amide bonds. The van der Waals surface area contributed by atoms with Crippen LogP contribution in [0.5, 0.6) is 0 Å². The van der Waals surface area contributed by atoms with E-state index in [2.05, 4.69) is 12.2 Å². The molecule has 0 aliphatic heterocycles. The van der Waals surface area contributed by atoms with E-state index < -0.39 is 0 Å². The number of hydrogen-bond donors (Lipinski definition) is 2. The zero-order chi connectivity index (χ0) is 10.1. The van der Waals surface area contributed by atoms with Gasteiger partial charge < -0.3 is 11.1 Å². The molecule has 1 atom stereocenters. The molecule has 13 heavy (non-hydrogen) atoms. The zero-order valence-electron chi connectivity index (χ0n) is 8.81. The van der Waals surface area contributed by atoms with Crippen molar-refractivity contribution >= 4 is 5.91 Å². The summed E-state index contributed by atoms with van der Waals surface area (Å²) in [5.41, 5.74) is 5.63. The lowest BCUT2D eigenvalue weighted by molar-refractivity contribution is -0.122. The van der Waals surface area contributed by atoms with Gasteiger partial charge in [-0.25, -0.2) is 0 Å². The molecule has 0 saturated carbocycles. The molecule has 0 radical (unpaired) electrons. The molecule has 0 fully saturated rings. The van der Waals surface area contributed by atoms with Gasteiger partial charge in [0, 0.05) is 6.54 Å². The van der Waals surface area contributed by atoms with Gasteiger partial charge in [-0.3, -0.25) is 4.79 Å². The zero-order valence-corrected chi connectivity index (χ0v) is 8.81. The lowest BCUT2D eigenvalue weighted by atomic mass is 10.1. The number of nitrogens with two attached hydrogens (primary N) is 1. The maximum atomic E-state index is 11.3. The Morgan fingerprint density at radius 2 is 2.00 bits per heavy atom. The first-order valence-electron chi connectivity index (χ1n) is 5.25. The topological polar surface area (TPSA) is 55.1 Å². The molecule has 0 aliphatic carbocycles. The van der Waals surface area contributed by atoms with Crippen molar-refractivity contribution < 1.29 is 4.79 Å². The van der Waals surface area contributed by atoms with Gasteiger partial charge >= 0.3 is 0 Å². The summed E-state index contributed by atoms with van der Waals surface area (Å²) in [6.45, 7) is 4.94. The van der Waals surface area contributed by atoms with Crippen molar-refractivity contribution in [3.8, 4) is 0 Å². The molecular weight excluding hydrogens is 164 g/mol. The van der Waals surface area contributed by atoms with Crippen LogP contribution in [0.15, 0.2) is 0 Å². The van der Waals surface area contributed by atoms with Crippen molar-refractivity contribution in [2.24, 2.45) is 5.73 Å². The molecule has 3 N–H and O–H groups in total. The molecule has 0 bridgehead atoms. The summed E-state index contributed by atoms with van der Waals surface area (Å²) in [5, 5.41) is 2.84. The number of amides is 1. The Morgan fingerprint density at radius 1 is 1.31 bits per heavy atom. The highest BCUT2D eigenvalue weighted by atomic mass is 16.2. The average Bonchev–Trinajstić information content (AvgIpc) is 2.12. The van der Waals surface area contributed by atoms with Crippen LogP contribution in [-0.4, -0.2) is 18.5 Å². The van der Waals surface area contributed by atoms with Crippen molar-refractivity contribution in [1.29, 1.82) is 0 Å². The quantitative estimate of drug-likeness (QED) is 0.591. The molecule has 0 aromatic carbocycles. The van der Waals surface area contributed by atoms with Crippen molar-refractivity contribution in [2.75, 3.05) is 6.54 Å². The molecule has 3 nitrogen and oxygen atoms in total. The number of unbranched alkanes of at least 4 members (excludes halogenated alkanes) is 2. The highest BCUT2D eigenvalue weighted by Crippen LogP contribution is 1.94. The van der Waals surface area contributed by atoms with E-state index in [1.165, 1.54) is 12.8 Å². The van der Waals surface area contributed by atoms with Crippen molar-refractivity contribution in [3.63, 3.8) is 0 Å². The minimum atomic E-state index is -0.313. The Bertz CT molecular complexity index is 137. The summed E-state index contributed by atoms with van der Waals surface area (Å²) < 4.78 is 0. The third-order valence-corrected chi connectivity index (χ3v) is 2.02. The van der Waals surface area contributed by atoms with Gasteiger partial charge in [-0.1, -0.05) is 33.1 Å². The molecular formula is C10H22N2O. The highest BCUT2D eigenvalue weighted by molar-refractivity contribution is 5.81. The van der Waals surface area contributed by atoms with E-state index in [4.69, 9.17) is 5.73 Å². The van der Waals surface area contributed by atoms with Crippen LogP contribution in [0.4, 0.5) is 0 Å². The second-order valence-corrected chi connectivity index (χ2v) is 3.39. The van der Waals surface area contributed by atoms with E-state index in [1.54, 1.807) is 0 Å². The van der Waals surface area contributed by atoms with Crippen LogP contribution in [0.25, 0.3) is 0 Å². The summed E-state index contributed by atoms with van der Waals surface area (Å²) >= 11 is 0. The van der Waals surface area contributed by atoms with Crippen LogP contribution in [0.2, 0.25) is 0 Å². The number of carbonyl (C=O) groups is 1. The van der Waals surface area contributed by atoms with Gasteiger partial charge in [0.25, 0.3) is 0 Å². The van der Waals surface area contributed by atoms with Gasteiger partial charge in [0.2, 0.25) is 5.91 Å². The summed E-state index contributed by atoms with van der Waals surface area (Å²) in [7, 11) is 0. The van der Waals surface area contributed by atoms with Gasteiger partial charge in [-0.2, -0.15) is 0 Å². The van der Waals surface area contributed by atoms with Crippen LogP contribution < -0.4 is 11.1 Å². The maximum absolute atomic E-state index is 11.3. The number of carbonyl (C=O) groups excluding carboxylic acids is 1. The Morgan fingerprint density at radius 3 is 2.54 bits per heavy atom. The fourth-order valence-corrected chi connectivity index (χ4v) is 1.16. The number of nitrogens with one attached hydrogen (secondary N) is 1. The summed E-state index contributed by atoms with van der Waals surface area (Å²) in [4.78, 5) is 11.3. The minimum Gasteiger partial charge on any atom is -0.355 e. The average molecular weight is 186 g/mol. The molecule has 0 rings (SSSR count). The van der Waals surface area contributed by atoms with Gasteiger partial charge in [0.1, 0.15) is 0 Å². The molecule has 0 unspecified atom stereocenters. The Labute approximate surface area is 81.1 Å². The van der Waals surface area contributed by atoms with Crippen LogP contribution >= 0.6 is 0 Å². The monoisotopic (exact) mass is 186 g/mol. The number of rotatable bonds is 7. The van der Waals surface area contributed by atoms with E-state index >= 15 is 0 Å². The largest absolute Gasteiger partial charge is 0.355 e. The maximum Gasteiger partial charge on any atom is 0.236 e. The third kappa shape index (κ3) is 6.58. The first-order valence-corrected chi connectivity index (χ1v) is 5.25. The van der Waals surface area contributed by atoms with Gasteiger partial charge in [-0.05, 0) is 12.8 Å². The first kappa shape index (κ1) is 12.4. The highest BCUT2D eigenvalue weighted by Gasteiger charge is 2.10. The number of hydrogen-bond acceptors (Lipinski definition) is 2. The van der Waals surface area contributed by atoms with E-state index in [1.807, 2.05) is 6.92 Å². The molecule has 0 heterocycles. The summed E-state index contributed by atoms with van der Waals surface area (Å²) in [6.07, 6.45) is 5.14. The van der Waals surface area contributed by atoms with Crippen LogP contribution in [0.3, 0.4) is 0 Å². The van der Waals surface area contributed by atoms with Crippen molar-refractivity contribution in [3.05, 3.63) is 0 Å². The third-order valence-electron chi connectivity index (χ3n) is 2.02. The Balaban J connectivity index is 3.38. The molecule has 0 aromatic rings. The summed E-state index contributed by atoms with van der Waals surface area (Å²) in [6, 6.07) is -0.313. The van der Waals surface area contributed by atoms with Gasteiger partial charge in [0.05, 0.1) is 6.04 Å². The van der Waals surface area contributed by atoms with E-state index in [-0.39, 0.29) is 11.9 Å². The standard InChI is InChI=1S/C10H22N2O/c1-3-5-6-8-12-10(13)9(11)7-4-2/h9H,3-8,11H2,1-2H3,(H,12,13)/t9-/m0/s1. The predicted molar refractivity (Wildman–Crippen MR) is 55.4 cm³/mol. The normalized spacial score (nSPS) is 12.5. The Hall–Kier alpha value is -0.570. The lowest BCUT2D eigenvalue weighted by Gasteiger charge is -2.10. The fraction of sp³-hybridized carbons (Fsp3) is 0.900. The fourth-order valence-electron chi connectivity index (χ4n) is 1.16. The van der Waals surface area contributed by atoms with Crippen LogP contribution in [0, 0.1) is 0 Å². The van der Waals surface area contributed by atoms with Crippen LogP contribution in [0.1, 0.15) is 46.0 Å². The van der Waals surface area contributed by atoms with E-state index in [0.717, 1.165) is 25.8 Å². The molecule has 0 saturated heterocycles. The molecule has 3 heteroatoms. The van der Waals surface area contributed by atoms with Crippen molar-refractivity contribution in [2.45, 2.75) is 52.0 Å². The Kier molecular flexibility index (Phi) is 7.69. The van der Waals surface area contributed by atoms with Gasteiger partial charge in [0.15, 0.2) is 0 Å². The van der Waals surface area contributed by atoms with E-state index in [0.29, 0.717) is 0 Å². The van der Waals surface area contributed by atoms with Crippen molar-refractivity contribution in [1.82, 2.24) is 5.32 Å². The first-order chi connectivity index (χ1) is 6.22. The minimum absolute atomic E-state index is 0.00190. The second kappa shape index (κ2) is 8.05. The lowest BCUT2D eigenvalue weighted by Crippen LogP contribution is -2.40. The molecule has 0 aromatic heterocycles. The SMILES string of the molecule is CCCCCNC(=O)[C@@H](N)CCC. The van der Waals surface area contributed by atoms with Gasteiger partial charge in [-0.15, -0.1) is 0 Å². The molecule has 0 spiro atoms. The predicted octanol–water partition coefficient (Wildman–Crippen LogP) is 1.42. The second-order valence-electron chi connectivity index (χ2n) is 3.39. The van der Waals surface area contributed by atoms with Crippen LogP contribution in [-0.2, 0) is 4.79 Å². The summed E-state index contributed by atoms with van der Waals surface area (Å²) in [5.74, 6) is -0.00190. The molecule has 78 valence electrons. The van der Waals surface area contributed by atoms with E-state index in [9.17, 15) is 4.79 Å².